The van der Waals surface area contributed by atoms with Crippen LogP contribution in [-0.2, 0) is 16.6 Å². The summed E-state index contributed by atoms with van der Waals surface area (Å²) in [6.07, 6.45) is 0.483. The molecule has 0 aliphatic heterocycles. The van der Waals surface area contributed by atoms with E-state index in [2.05, 4.69) is 10.3 Å². The van der Waals surface area contributed by atoms with Crippen LogP contribution in [0.3, 0.4) is 0 Å². The third-order valence-electron chi connectivity index (χ3n) is 2.80. The van der Waals surface area contributed by atoms with Crippen LogP contribution in [-0.4, -0.2) is 25.7 Å². The first-order chi connectivity index (χ1) is 8.97. The Morgan fingerprint density at radius 2 is 2.05 bits per heavy atom. The summed E-state index contributed by atoms with van der Waals surface area (Å²) in [5, 5.41) is 9.76. The highest BCUT2D eigenvalue weighted by atomic mass is 35.5. The number of sulfonamides is 1. The zero-order chi connectivity index (χ0) is 13.9. The maximum absolute atomic E-state index is 10.8. The molecular weight excluding hydrogens is 286 g/mol. The summed E-state index contributed by atoms with van der Waals surface area (Å²) >= 11 is 6.26. The maximum atomic E-state index is 10.8. The van der Waals surface area contributed by atoms with E-state index >= 15 is 0 Å². The quantitative estimate of drug-likeness (QED) is 0.708. The average molecular weight is 302 g/mol. The lowest BCUT2D eigenvalue weighted by Gasteiger charge is -2.03. The molecule has 0 spiro atoms. The van der Waals surface area contributed by atoms with Crippen molar-refractivity contribution in [1.29, 1.82) is 0 Å². The van der Waals surface area contributed by atoms with Crippen LogP contribution in [0.5, 0.6) is 0 Å². The van der Waals surface area contributed by atoms with Gasteiger partial charge in [-0.25, -0.2) is 13.6 Å². The van der Waals surface area contributed by atoms with Gasteiger partial charge in [0.05, 0.1) is 10.8 Å². The second-order valence-corrected chi connectivity index (χ2v) is 6.47. The van der Waals surface area contributed by atoms with Gasteiger partial charge in [-0.15, -0.1) is 0 Å². The molecule has 5 nitrogen and oxygen atoms in total. The fraction of sp³-hybridized carbons (Fsp3) is 0.333. The molecule has 0 amide bonds. The van der Waals surface area contributed by atoms with E-state index in [0.29, 0.717) is 24.5 Å². The predicted octanol–water partition coefficient (Wildman–Crippen LogP) is 1.59. The van der Waals surface area contributed by atoms with Crippen molar-refractivity contribution in [1.82, 2.24) is 10.3 Å². The predicted molar refractivity (Wildman–Crippen MR) is 77.6 cm³/mol. The third-order valence-corrected chi connectivity index (χ3v) is 4.09. The fourth-order valence-corrected chi connectivity index (χ4v) is 2.72. The summed E-state index contributed by atoms with van der Waals surface area (Å²) in [5.74, 6) is -0.0135. The fourth-order valence-electron chi connectivity index (χ4n) is 1.90. The molecule has 0 radical (unpaired) electrons. The van der Waals surface area contributed by atoms with Gasteiger partial charge in [0.25, 0.3) is 0 Å². The normalized spacial score (nSPS) is 12.1. The van der Waals surface area contributed by atoms with Crippen molar-refractivity contribution in [3.63, 3.8) is 0 Å². The smallest absolute Gasteiger partial charge is 0.209 e. The lowest BCUT2D eigenvalue weighted by molar-refractivity contribution is 0.590. The molecule has 2 rings (SSSR count). The molecule has 1 heterocycles. The SMILES string of the molecule is NS(=O)(=O)CCCNCc1[nH]c2ccccc2c1Cl. The number of hydrogen-bond acceptors (Lipinski definition) is 3. The van der Waals surface area contributed by atoms with E-state index in [0.717, 1.165) is 16.6 Å². The zero-order valence-corrected chi connectivity index (χ0v) is 11.9. The summed E-state index contributed by atoms with van der Waals surface area (Å²) in [6, 6.07) is 7.80. The maximum Gasteiger partial charge on any atom is 0.209 e. The molecule has 19 heavy (non-hydrogen) atoms. The number of rotatable bonds is 6. The van der Waals surface area contributed by atoms with Crippen LogP contribution >= 0.6 is 11.6 Å². The van der Waals surface area contributed by atoms with Gasteiger partial charge in [-0.3, -0.25) is 0 Å². The number of primary sulfonamides is 1. The van der Waals surface area contributed by atoms with Crippen molar-refractivity contribution in [3.8, 4) is 0 Å². The summed E-state index contributed by atoms with van der Waals surface area (Å²) in [5.41, 5.74) is 1.90. The van der Waals surface area contributed by atoms with Gasteiger partial charge in [0.1, 0.15) is 0 Å². The Hall–Kier alpha value is -1.08. The van der Waals surface area contributed by atoms with E-state index < -0.39 is 10.0 Å². The molecular formula is C12H16ClN3O2S. The molecule has 0 saturated carbocycles. The third kappa shape index (κ3) is 3.94. The van der Waals surface area contributed by atoms with Crippen LogP contribution in [0.4, 0.5) is 0 Å². The summed E-state index contributed by atoms with van der Waals surface area (Å²) in [4.78, 5) is 3.23. The molecule has 1 aromatic heterocycles. The highest BCUT2D eigenvalue weighted by molar-refractivity contribution is 7.89. The monoisotopic (exact) mass is 301 g/mol. The molecule has 2 aromatic rings. The van der Waals surface area contributed by atoms with Crippen LogP contribution in [0, 0.1) is 0 Å². The summed E-state index contributed by atoms with van der Waals surface area (Å²) < 4.78 is 21.5. The van der Waals surface area contributed by atoms with Crippen molar-refractivity contribution in [2.75, 3.05) is 12.3 Å². The number of halogens is 1. The summed E-state index contributed by atoms with van der Waals surface area (Å²) in [7, 11) is -3.37. The highest BCUT2D eigenvalue weighted by Crippen LogP contribution is 2.26. The first kappa shape index (κ1) is 14.3. The van der Waals surface area contributed by atoms with Crippen molar-refractivity contribution in [2.24, 2.45) is 5.14 Å². The first-order valence-electron chi connectivity index (χ1n) is 5.93. The standard InChI is InChI=1S/C12H16ClN3O2S/c13-12-9-4-1-2-5-10(9)16-11(12)8-15-6-3-7-19(14,17)18/h1-2,4-5,15-16H,3,6-8H2,(H2,14,17,18). The number of H-pyrrole nitrogens is 1. The van der Waals surface area contributed by atoms with E-state index in [1.165, 1.54) is 0 Å². The number of benzene rings is 1. The van der Waals surface area contributed by atoms with Crippen LogP contribution in [0.15, 0.2) is 24.3 Å². The zero-order valence-electron chi connectivity index (χ0n) is 10.3. The number of para-hydroxylation sites is 1. The molecule has 0 saturated heterocycles. The highest BCUT2D eigenvalue weighted by Gasteiger charge is 2.08. The largest absolute Gasteiger partial charge is 0.356 e. The molecule has 0 atom stereocenters. The molecule has 1 aromatic carbocycles. The van der Waals surface area contributed by atoms with Crippen LogP contribution in [0.2, 0.25) is 5.02 Å². The molecule has 0 aliphatic carbocycles. The first-order valence-corrected chi connectivity index (χ1v) is 8.03. The lowest BCUT2D eigenvalue weighted by atomic mass is 10.2. The van der Waals surface area contributed by atoms with Crippen molar-refractivity contribution < 1.29 is 8.42 Å². The number of aromatic amines is 1. The average Bonchev–Trinajstić information content (AvgIpc) is 2.65. The van der Waals surface area contributed by atoms with E-state index in [4.69, 9.17) is 16.7 Å². The molecule has 0 fully saturated rings. The molecule has 0 aliphatic rings. The molecule has 0 bridgehead atoms. The lowest BCUT2D eigenvalue weighted by Crippen LogP contribution is -2.22. The Kier molecular flexibility index (Phi) is 4.46. The Morgan fingerprint density at radius 1 is 1.32 bits per heavy atom. The molecule has 104 valence electrons. The Bertz CT molecular complexity index is 667. The minimum absolute atomic E-state index is 0.0135. The van der Waals surface area contributed by atoms with Crippen LogP contribution in [0.25, 0.3) is 10.9 Å². The molecule has 7 heteroatoms. The van der Waals surface area contributed by atoms with E-state index in [-0.39, 0.29) is 5.75 Å². The number of nitrogens with two attached hydrogens (primary N) is 1. The van der Waals surface area contributed by atoms with Gasteiger partial charge in [-0.1, -0.05) is 29.8 Å². The second-order valence-electron chi connectivity index (χ2n) is 4.36. The van der Waals surface area contributed by atoms with E-state index in [1.807, 2.05) is 24.3 Å². The van der Waals surface area contributed by atoms with E-state index in [1.54, 1.807) is 0 Å². The summed E-state index contributed by atoms with van der Waals surface area (Å²) in [6.45, 7) is 1.14. The van der Waals surface area contributed by atoms with Crippen LogP contribution < -0.4 is 10.5 Å². The van der Waals surface area contributed by atoms with Gasteiger partial charge in [0, 0.05) is 23.1 Å². The molecule has 4 N–H and O–H groups in total. The van der Waals surface area contributed by atoms with Crippen molar-refractivity contribution in [2.45, 2.75) is 13.0 Å². The second kappa shape index (κ2) is 5.92. The van der Waals surface area contributed by atoms with Gasteiger partial charge in [-0.2, -0.15) is 0 Å². The number of aromatic nitrogens is 1. The Morgan fingerprint density at radius 3 is 2.74 bits per heavy atom. The van der Waals surface area contributed by atoms with Gasteiger partial charge in [-0.05, 0) is 19.0 Å². The van der Waals surface area contributed by atoms with Crippen molar-refractivity contribution in [3.05, 3.63) is 35.0 Å². The minimum Gasteiger partial charge on any atom is -0.356 e. The number of nitrogens with one attached hydrogen (secondary N) is 2. The Balaban J connectivity index is 1.90. The van der Waals surface area contributed by atoms with Gasteiger partial charge in [0.2, 0.25) is 10.0 Å². The van der Waals surface area contributed by atoms with E-state index in [9.17, 15) is 8.42 Å². The topological polar surface area (TPSA) is 88.0 Å². The Labute approximate surface area is 117 Å². The minimum atomic E-state index is -3.37. The van der Waals surface area contributed by atoms with Crippen LogP contribution in [0.1, 0.15) is 12.1 Å². The number of hydrogen-bond donors (Lipinski definition) is 3. The van der Waals surface area contributed by atoms with Gasteiger partial charge in [0.15, 0.2) is 0 Å². The van der Waals surface area contributed by atoms with Crippen molar-refractivity contribution >= 4 is 32.5 Å². The molecule has 0 unspecified atom stereocenters. The number of fused-ring (bicyclic) bond motifs is 1. The van der Waals surface area contributed by atoms with Gasteiger partial charge >= 0.3 is 0 Å². The van der Waals surface area contributed by atoms with Gasteiger partial charge < -0.3 is 10.3 Å².